The Labute approximate surface area is 310 Å². The Morgan fingerprint density at radius 2 is 1.67 bits per heavy atom. The fourth-order valence-electron chi connectivity index (χ4n) is 6.18. The molecule has 6 aromatic rings. The number of urea groups is 1. The third-order valence-electron chi connectivity index (χ3n) is 8.96. The van der Waals surface area contributed by atoms with E-state index in [4.69, 9.17) is 0 Å². The van der Waals surface area contributed by atoms with Gasteiger partial charge in [-0.05, 0) is 84.1 Å². The molecule has 54 heavy (non-hydrogen) atoms. The molecule has 0 spiro atoms. The Bertz CT molecular complexity index is 2280. The van der Waals surface area contributed by atoms with Crippen molar-refractivity contribution in [1.29, 1.82) is 0 Å². The van der Waals surface area contributed by atoms with E-state index in [1.54, 1.807) is 52.3 Å². The standard InChI is InChI=1S/C40H37FN10O3/c41-33-9-1-2-10-35(33)47-40(54)46-34-11-4-7-30-25-50(21-15-32(30)34)39(53)29-14-19-43-36(23-29)38(52)44-16-5-20-51-26-37(48-49-51)28-6-3-8-31(22-28)45-24-27-12-17-42-18-13-27/h1-4,6-14,17-19,22-23,26,45H,5,15-16,20-21,24-25H2,(H,44,52)(H2,46,47,54). The molecule has 0 fully saturated rings. The highest BCUT2D eigenvalue weighted by atomic mass is 19.1. The SMILES string of the molecule is O=C(Nc1ccccc1F)Nc1cccc2c1CCN(C(=O)c1ccnc(C(=O)NCCCn3cc(-c4cccc(NCc5ccncc5)c4)nn3)c1)C2. The average molecular weight is 725 g/mol. The molecule has 14 heteroatoms. The van der Waals surface area contributed by atoms with Crippen molar-refractivity contribution < 1.29 is 18.8 Å². The lowest BCUT2D eigenvalue weighted by atomic mass is 9.97. The summed E-state index contributed by atoms with van der Waals surface area (Å²) >= 11 is 0. The number of benzene rings is 3. The van der Waals surface area contributed by atoms with Gasteiger partial charge in [0.15, 0.2) is 0 Å². The molecule has 4 amide bonds. The van der Waals surface area contributed by atoms with Crippen LogP contribution in [0.4, 0.5) is 26.2 Å². The lowest BCUT2D eigenvalue weighted by Crippen LogP contribution is -2.36. The summed E-state index contributed by atoms with van der Waals surface area (Å²) in [6.45, 7) is 2.32. The third-order valence-corrected chi connectivity index (χ3v) is 8.96. The van der Waals surface area contributed by atoms with Crippen molar-refractivity contribution in [2.45, 2.75) is 32.5 Å². The minimum absolute atomic E-state index is 0.0764. The summed E-state index contributed by atoms with van der Waals surface area (Å²) in [7, 11) is 0. The summed E-state index contributed by atoms with van der Waals surface area (Å²) in [6, 6.07) is 25.9. The number of amides is 4. The van der Waals surface area contributed by atoms with Crippen molar-refractivity contribution in [2.75, 3.05) is 29.0 Å². The molecular formula is C40H37FN10O3. The zero-order valence-electron chi connectivity index (χ0n) is 29.2. The number of anilines is 3. The molecule has 0 radical (unpaired) electrons. The smallest absolute Gasteiger partial charge is 0.323 e. The second-order valence-corrected chi connectivity index (χ2v) is 12.7. The Kier molecular flexibility index (Phi) is 10.9. The Hall–Kier alpha value is -6.96. The number of aryl methyl sites for hydroxylation is 1. The third kappa shape index (κ3) is 8.73. The summed E-state index contributed by atoms with van der Waals surface area (Å²) in [4.78, 5) is 49.1. The molecule has 0 saturated carbocycles. The van der Waals surface area contributed by atoms with Crippen LogP contribution in [0.5, 0.6) is 0 Å². The van der Waals surface area contributed by atoms with E-state index >= 15 is 0 Å². The van der Waals surface area contributed by atoms with Crippen LogP contribution >= 0.6 is 0 Å². The lowest BCUT2D eigenvalue weighted by Gasteiger charge is -2.30. The minimum atomic E-state index is -0.564. The van der Waals surface area contributed by atoms with Crippen molar-refractivity contribution in [1.82, 2.24) is 35.2 Å². The Morgan fingerprint density at radius 3 is 2.54 bits per heavy atom. The fourth-order valence-corrected chi connectivity index (χ4v) is 6.18. The number of halogens is 1. The van der Waals surface area contributed by atoms with Crippen molar-refractivity contribution in [3.05, 3.63) is 150 Å². The molecule has 13 nitrogen and oxygen atoms in total. The number of nitrogens with zero attached hydrogens (tertiary/aromatic N) is 6. The summed E-state index contributed by atoms with van der Waals surface area (Å²) in [5.74, 6) is -1.14. The molecule has 3 aromatic carbocycles. The quantitative estimate of drug-likeness (QED) is 0.110. The fraction of sp³-hybridized carbons (Fsp3) is 0.175. The highest BCUT2D eigenvalue weighted by Gasteiger charge is 2.25. The van der Waals surface area contributed by atoms with Gasteiger partial charge in [0.1, 0.15) is 17.2 Å². The van der Waals surface area contributed by atoms with Crippen LogP contribution in [0.2, 0.25) is 0 Å². The van der Waals surface area contributed by atoms with Gasteiger partial charge >= 0.3 is 6.03 Å². The van der Waals surface area contributed by atoms with Gasteiger partial charge < -0.3 is 26.2 Å². The van der Waals surface area contributed by atoms with Crippen LogP contribution in [0.3, 0.4) is 0 Å². The molecule has 272 valence electrons. The number of hydrogen-bond acceptors (Lipinski definition) is 8. The number of carbonyl (C=O) groups is 3. The number of carbonyl (C=O) groups excluding carboxylic acids is 3. The first-order valence-corrected chi connectivity index (χ1v) is 17.5. The zero-order chi connectivity index (χ0) is 37.3. The van der Waals surface area contributed by atoms with Crippen LogP contribution in [-0.2, 0) is 26.1 Å². The van der Waals surface area contributed by atoms with Crippen LogP contribution < -0.4 is 21.3 Å². The van der Waals surface area contributed by atoms with Crippen LogP contribution in [0, 0.1) is 5.82 Å². The maximum Gasteiger partial charge on any atom is 0.323 e. The van der Waals surface area contributed by atoms with E-state index in [-0.39, 0.29) is 23.2 Å². The highest BCUT2D eigenvalue weighted by Crippen LogP contribution is 2.28. The average Bonchev–Trinajstić information content (AvgIpc) is 3.69. The lowest BCUT2D eigenvalue weighted by molar-refractivity contribution is 0.0734. The maximum atomic E-state index is 14.0. The first kappa shape index (κ1) is 35.4. The van der Waals surface area contributed by atoms with Crippen molar-refractivity contribution in [3.63, 3.8) is 0 Å². The van der Waals surface area contributed by atoms with E-state index in [2.05, 4.69) is 41.5 Å². The molecule has 4 N–H and O–H groups in total. The number of para-hydroxylation sites is 1. The monoisotopic (exact) mass is 724 g/mol. The molecule has 0 unspecified atom stereocenters. The molecule has 1 aliphatic rings. The Morgan fingerprint density at radius 1 is 0.852 bits per heavy atom. The van der Waals surface area contributed by atoms with Gasteiger partial charge in [-0.15, -0.1) is 5.10 Å². The van der Waals surface area contributed by atoms with E-state index < -0.39 is 11.8 Å². The van der Waals surface area contributed by atoms with Crippen molar-refractivity contribution >= 4 is 34.9 Å². The summed E-state index contributed by atoms with van der Waals surface area (Å²) in [5, 5.41) is 20.2. The van der Waals surface area contributed by atoms with Gasteiger partial charge in [0.2, 0.25) is 0 Å². The molecule has 0 saturated heterocycles. The minimum Gasteiger partial charge on any atom is -0.381 e. The molecule has 7 rings (SSSR count). The first-order valence-electron chi connectivity index (χ1n) is 17.5. The van der Waals surface area contributed by atoms with Crippen LogP contribution in [0.25, 0.3) is 11.3 Å². The van der Waals surface area contributed by atoms with Gasteiger partial charge in [0, 0.05) is 73.8 Å². The van der Waals surface area contributed by atoms with Gasteiger partial charge in [0.05, 0.1) is 11.9 Å². The van der Waals surface area contributed by atoms with Crippen LogP contribution in [-0.4, -0.2) is 60.8 Å². The highest BCUT2D eigenvalue weighted by molar-refractivity contribution is 6.01. The number of aromatic nitrogens is 5. The largest absolute Gasteiger partial charge is 0.381 e. The molecule has 0 aliphatic carbocycles. The molecule has 4 heterocycles. The van der Waals surface area contributed by atoms with E-state index in [9.17, 15) is 18.8 Å². The Balaban J connectivity index is 0.887. The molecule has 1 aliphatic heterocycles. The van der Waals surface area contributed by atoms with Gasteiger partial charge in [-0.25, -0.2) is 9.18 Å². The van der Waals surface area contributed by atoms with Crippen molar-refractivity contribution in [2.24, 2.45) is 0 Å². The van der Waals surface area contributed by atoms with Gasteiger partial charge in [-0.3, -0.25) is 24.2 Å². The summed E-state index contributed by atoms with van der Waals surface area (Å²) < 4.78 is 15.8. The van der Waals surface area contributed by atoms with Crippen LogP contribution in [0.1, 0.15) is 44.0 Å². The van der Waals surface area contributed by atoms with Gasteiger partial charge in [-0.2, -0.15) is 0 Å². The normalized spacial score (nSPS) is 12.1. The number of pyridine rings is 2. The number of nitrogens with one attached hydrogen (secondary N) is 4. The van der Waals surface area contributed by atoms with Crippen molar-refractivity contribution in [3.8, 4) is 11.3 Å². The molecule has 0 atom stereocenters. The second-order valence-electron chi connectivity index (χ2n) is 12.7. The van der Waals surface area contributed by atoms with E-state index in [1.165, 1.54) is 24.4 Å². The van der Waals surface area contributed by atoms with Crippen LogP contribution in [0.15, 0.2) is 116 Å². The summed E-state index contributed by atoms with van der Waals surface area (Å²) in [5.41, 5.74) is 6.74. The van der Waals surface area contributed by atoms with E-state index in [1.807, 2.05) is 48.7 Å². The topological polar surface area (TPSA) is 159 Å². The number of rotatable bonds is 12. The maximum absolute atomic E-state index is 14.0. The molecule has 3 aromatic heterocycles. The first-order chi connectivity index (χ1) is 26.4. The predicted octanol–water partition coefficient (Wildman–Crippen LogP) is 6.15. The van der Waals surface area contributed by atoms with Gasteiger partial charge in [-0.1, -0.05) is 41.6 Å². The molecular weight excluding hydrogens is 688 g/mol. The summed E-state index contributed by atoms with van der Waals surface area (Å²) in [6.07, 6.45) is 7.98. The molecule has 0 bridgehead atoms. The number of fused-ring (bicyclic) bond motifs is 1. The second kappa shape index (κ2) is 16.6. The zero-order valence-corrected chi connectivity index (χ0v) is 29.2. The van der Waals surface area contributed by atoms with E-state index in [0.717, 1.165) is 33.6 Å². The number of hydrogen-bond donors (Lipinski definition) is 4. The van der Waals surface area contributed by atoms with Gasteiger partial charge in [0.25, 0.3) is 11.8 Å². The van der Waals surface area contributed by atoms with E-state index in [0.29, 0.717) is 56.8 Å². The predicted molar refractivity (Wildman–Crippen MR) is 202 cm³/mol.